The van der Waals surface area contributed by atoms with E-state index in [0.717, 1.165) is 10.2 Å². The Morgan fingerprint density at radius 2 is 1.65 bits per heavy atom. The maximum atomic E-state index is 13.1. The molecule has 1 atom stereocenters. The third kappa shape index (κ3) is 4.87. The molecule has 2 aliphatic heterocycles. The minimum absolute atomic E-state index is 0.120. The number of ether oxygens (including phenoxy) is 2. The van der Waals surface area contributed by atoms with Gasteiger partial charge >= 0.3 is 0 Å². The van der Waals surface area contributed by atoms with Crippen LogP contribution in [0.25, 0.3) is 0 Å². The summed E-state index contributed by atoms with van der Waals surface area (Å²) in [5, 5.41) is 2.90. The summed E-state index contributed by atoms with van der Waals surface area (Å²) in [5.41, 5.74) is 0.722. The van der Waals surface area contributed by atoms with Gasteiger partial charge in [-0.05, 0) is 43.3 Å². The zero-order valence-corrected chi connectivity index (χ0v) is 19.5. The van der Waals surface area contributed by atoms with Crippen LogP contribution in [0.3, 0.4) is 0 Å². The normalized spacial score (nSPS) is 18.4. The van der Waals surface area contributed by atoms with E-state index in [-0.39, 0.29) is 16.8 Å². The Balaban J connectivity index is 1.37. The average Bonchev–Trinajstić information content (AvgIpc) is 2.79. The number of nitrogens with one attached hydrogen (secondary N) is 1. The number of nitrogens with zero attached hydrogens (tertiary/aromatic N) is 2. The number of halogens is 1. The standard InChI is InChI=1S/C21H24BrN3O5S/c1-15(21(26)23-17-4-2-16(22)3-5-17)24-8-10-25(11-9-24)31(27,28)18-6-7-19-20(14-18)30-13-12-29-19/h2-7,14-15H,8-13H2,1H3,(H,23,26). The van der Waals surface area contributed by atoms with Crippen molar-refractivity contribution in [3.05, 3.63) is 46.9 Å². The number of hydrogen-bond acceptors (Lipinski definition) is 6. The zero-order valence-electron chi connectivity index (χ0n) is 17.1. The number of fused-ring (bicyclic) bond motifs is 1. The van der Waals surface area contributed by atoms with Gasteiger partial charge in [0.2, 0.25) is 15.9 Å². The van der Waals surface area contributed by atoms with Crippen LogP contribution in [0.1, 0.15) is 6.92 Å². The topological polar surface area (TPSA) is 88.2 Å². The molecule has 2 aromatic carbocycles. The second-order valence-electron chi connectivity index (χ2n) is 7.42. The lowest BCUT2D eigenvalue weighted by atomic mass is 10.2. The molecule has 0 saturated carbocycles. The number of carbonyl (C=O) groups excluding carboxylic acids is 1. The summed E-state index contributed by atoms with van der Waals surface area (Å²) < 4.78 is 39.5. The van der Waals surface area contributed by atoms with Gasteiger partial charge in [-0.3, -0.25) is 9.69 Å². The van der Waals surface area contributed by atoms with Crippen molar-refractivity contribution in [3.63, 3.8) is 0 Å². The predicted molar refractivity (Wildman–Crippen MR) is 120 cm³/mol. The smallest absolute Gasteiger partial charge is 0.243 e. The van der Waals surface area contributed by atoms with Gasteiger partial charge in [0, 0.05) is 42.4 Å². The molecule has 166 valence electrons. The first kappa shape index (κ1) is 22.1. The second kappa shape index (κ2) is 9.15. The third-order valence-corrected chi connectivity index (χ3v) is 7.89. The number of piperazine rings is 1. The van der Waals surface area contributed by atoms with Crippen molar-refractivity contribution in [3.8, 4) is 11.5 Å². The lowest BCUT2D eigenvalue weighted by Gasteiger charge is -2.36. The van der Waals surface area contributed by atoms with Crippen LogP contribution in [0.4, 0.5) is 5.69 Å². The van der Waals surface area contributed by atoms with Gasteiger partial charge in [-0.1, -0.05) is 15.9 Å². The Bertz CT molecular complexity index is 1050. The zero-order chi connectivity index (χ0) is 22.0. The molecule has 2 heterocycles. The van der Waals surface area contributed by atoms with E-state index in [1.807, 2.05) is 36.1 Å². The number of benzene rings is 2. The fourth-order valence-electron chi connectivity index (χ4n) is 3.61. The highest BCUT2D eigenvalue weighted by Gasteiger charge is 2.32. The van der Waals surface area contributed by atoms with E-state index < -0.39 is 10.0 Å². The van der Waals surface area contributed by atoms with Gasteiger partial charge in [0.05, 0.1) is 10.9 Å². The van der Waals surface area contributed by atoms with Gasteiger partial charge in [-0.25, -0.2) is 8.42 Å². The highest BCUT2D eigenvalue weighted by atomic mass is 79.9. The van der Waals surface area contributed by atoms with E-state index >= 15 is 0 Å². The number of hydrogen-bond donors (Lipinski definition) is 1. The van der Waals surface area contributed by atoms with E-state index in [1.165, 1.54) is 10.4 Å². The van der Waals surface area contributed by atoms with E-state index in [1.54, 1.807) is 12.1 Å². The van der Waals surface area contributed by atoms with E-state index in [4.69, 9.17) is 9.47 Å². The summed E-state index contributed by atoms with van der Waals surface area (Å²) in [5.74, 6) is 0.885. The second-order valence-corrected chi connectivity index (χ2v) is 10.3. The molecule has 8 nitrogen and oxygen atoms in total. The molecule has 0 aromatic heterocycles. The lowest BCUT2D eigenvalue weighted by molar-refractivity contribution is -0.121. The summed E-state index contributed by atoms with van der Waals surface area (Å²) in [6, 6.07) is 11.7. The van der Waals surface area contributed by atoms with Crippen molar-refractivity contribution >= 4 is 37.5 Å². The summed E-state index contributed by atoms with van der Waals surface area (Å²) in [7, 11) is -3.65. The van der Waals surface area contributed by atoms with Crippen LogP contribution in [0.5, 0.6) is 11.5 Å². The summed E-state index contributed by atoms with van der Waals surface area (Å²) in [6.07, 6.45) is 0. The molecule has 1 amide bonds. The van der Waals surface area contributed by atoms with Crippen LogP contribution >= 0.6 is 15.9 Å². The van der Waals surface area contributed by atoms with Crippen molar-refractivity contribution in [1.82, 2.24) is 9.21 Å². The molecule has 1 saturated heterocycles. The monoisotopic (exact) mass is 509 g/mol. The van der Waals surface area contributed by atoms with Crippen LogP contribution < -0.4 is 14.8 Å². The molecule has 0 spiro atoms. The predicted octanol–water partition coefficient (Wildman–Crippen LogP) is 2.55. The quantitative estimate of drug-likeness (QED) is 0.666. The number of amides is 1. The first-order valence-corrected chi connectivity index (χ1v) is 12.3. The van der Waals surface area contributed by atoms with Gasteiger partial charge in [0.1, 0.15) is 13.2 Å². The molecular formula is C21H24BrN3O5S. The molecule has 2 aromatic rings. The average molecular weight is 510 g/mol. The van der Waals surface area contributed by atoms with Crippen molar-refractivity contribution in [2.24, 2.45) is 0 Å². The maximum Gasteiger partial charge on any atom is 0.243 e. The molecular weight excluding hydrogens is 486 g/mol. The molecule has 0 radical (unpaired) electrons. The Hall–Kier alpha value is -2.14. The molecule has 2 aliphatic rings. The van der Waals surface area contributed by atoms with Crippen molar-refractivity contribution < 1.29 is 22.7 Å². The lowest BCUT2D eigenvalue weighted by Crippen LogP contribution is -2.53. The van der Waals surface area contributed by atoms with Crippen LogP contribution in [0, 0.1) is 0 Å². The maximum absolute atomic E-state index is 13.1. The molecule has 1 unspecified atom stereocenters. The number of anilines is 1. The van der Waals surface area contributed by atoms with Crippen molar-refractivity contribution in [2.75, 3.05) is 44.7 Å². The molecule has 0 bridgehead atoms. The van der Waals surface area contributed by atoms with Gasteiger partial charge in [0.15, 0.2) is 11.5 Å². The van der Waals surface area contributed by atoms with E-state index in [9.17, 15) is 13.2 Å². The van der Waals surface area contributed by atoms with Gasteiger partial charge in [-0.2, -0.15) is 4.31 Å². The molecule has 0 aliphatic carbocycles. The fraction of sp³-hybridized carbons (Fsp3) is 0.381. The highest BCUT2D eigenvalue weighted by Crippen LogP contribution is 2.33. The first-order valence-electron chi connectivity index (χ1n) is 10.0. The number of carbonyl (C=O) groups is 1. The summed E-state index contributed by atoms with van der Waals surface area (Å²) in [6.45, 7) is 4.25. The first-order chi connectivity index (χ1) is 14.8. The SMILES string of the molecule is CC(C(=O)Nc1ccc(Br)cc1)N1CCN(S(=O)(=O)c2ccc3c(c2)OCCO3)CC1. The Kier molecular flexibility index (Phi) is 6.52. The van der Waals surface area contributed by atoms with E-state index in [0.29, 0.717) is 50.9 Å². The van der Waals surface area contributed by atoms with E-state index in [2.05, 4.69) is 21.2 Å². The van der Waals surface area contributed by atoms with Gasteiger partial charge < -0.3 is 14.8 Å². The largest absolute Gasteiger partial charge is 0.486 e. The van der Waals surface area contributed by atoms with Crippen LogP contribution in [0.15, 0.2) is 51.8 Å². The molecule has 1 fully saturated rings. The molecule has 10 heteroatoms. The van der Waals surface area contributed by atoms with Crippen LogP contribution in [0.2, 0.25) is 0 Å². The Morgan fingerprint density at radius 3 is 2.32 bits per heavy atom. The van der Waals surface area contributed by atoms with Crippen LogP contribution in [-0.2, 0) is 14.8 Å². The number of rotatable bonds is 5. The highest BCUT2D eigenvalue weighted by molar-refractivity contribution is 9.10. The summed E-state index contributed by atoms with van der Waals surface area (Å²) in [4.78, 5) is 14.8. The molecule has 1 N–H and O–H groups in total. The summed E-state index contributed by atoms with van der Waals surface area (Å²) >= 11 is 3.37. The van der Waals surface area contributed by atoms with Gasteiger partial charge in [0.25, 0.3) is 0 Å². The third-order valence-electron chi connectivity index (χ3n) is 5.46. The number of sulfonamides is 1. The molecule has 4 rings (SSSR count). The molecule has 31 heavy (non-hydrogen) atoms. The van der Waals surface area contributed by atoms with Gasteiger partial charge in [-0.15, -0.1) is 0 Å². The van der Waals surface area contributed by atoms with Crippen molar-refractivity contribution in [2.45, 2.75) is 17.9 Å². The Labute approximate surface area is 190 Å². The Morgan fingerprint density at radius 1 is 1.00 bits per heavy atom. The van der Waals surface area contributed by atoms with Crippen molar-refractivity contribution in [1.29, 1.82) is 0 Å². The fourth-order valence-corrected chi connectivity index (χ4v) is 5.31. The van der Waals surface area contributed by atoms with Crippen LogP contribution in [-0.4, -0.2) is 69.0 Å². The minimum Gasteiger partial charge on any atom is -0.486 e. The minimum atomic E-state index is -3.65.